The number of hydrogen-bond acceptors (Lipinski definition) is 2. The maximum atomic E-state index is 13.1. The minimum atomic E-state index is -0.293. The molecule has 0 bridgehead atoms. The summed E-state index contributed by atoms with van der Waals surface area (Å²) in [6.07, 6.45) is 1.91. The average molecular weight is 327 g/mol. The van der Waals surface area contributed by atoms with Gasteiger partial charge in [0.05, 0.1) is 12.1 Å². The Morgan fingerprint density at radius 3 is 2.58 bits per heavy atom. The van der Waals surface area contributed by atoms with E-state index in [4.69, 9.17) is 0 Å². The molecule has 1 aromatic heterocycles. The molecule has 2 aliphatic rings. The summed E-state index contributed by atoms with van der Waals surface area (Å²) in [7, 11) is 0. The van der Waals surface area contributed by atoms with Crippen LogP contribution in [0.3, 0.4) is 0 Å². The molecule has 0 spiro atoms. The first-order chi connectivity index (χ1) is 11.5. The van der Waals surface area contributed by atoms with Gasteiger partial charge in [-0.3, -0.25) is 9.59 Å². The molecule has 0 saturated carbocycles. The molecule has 24 heavy (non-hydrogen) atoms. The Kier molecular flexibility index (Phi) is 3.40. The highest BCUT2D eigenvalue weighted by Gasteiger charge is 2.45. The molecule has 2 aromatic rings. The number of fused-ring (bicyclic) bond motifs is 3. The Hall–Kier alpha value is -2.63. The maximum Gasteiger partial charge on any atom is 0.271 e. The van der Waals surface area contributed by atoms with E-state index in [-0.39, 0.29) is 29.7 Å². The zero-order valence-electron chi connectivity index (χ0n) is 13.4. The number of likely N-dealkylation sites (tertiary alicyclic amines) is 1. The lowest BCUT2D eigenvalue weighted by atomic mass is 10.0. The summed E-state index contributed by atoms with van der Waals surface area (Å²) in [5.74, 6) is -0.317. The SMILES string of the molecule is CC(=O)N1C[C@@H]2[C@@H](C1)n1cccc1C(=O)N2Cc1ccc(F)cc1. The molecule has 3 heterocycles. The molecule has 0 unspecified atom stereocenters. The van der Waals surface area contributed by atoms with Crippen LogP contribution in [0.15, 0.2) is 42.6 Å². The lowest BCUT2D eigenvalue weighted by molar-refractivity contribution is -0.128. The van der Waals surface area contributed by atoms with Gasteiger partial charge in [-0.1, -0.05) is 12.1 Å². The van der Waals surface area contributed by atoms with Gasteiger partial charge in [0.25, 0.3) is 5.91 Å². The van der Waals surface area contributed by atoms with Crippen LogP contribution in [0, 0.1) is 5.82 Å². The lowest BCUT2D eigenvalue weighted by Gasteiger charge is -2.38. The van der Waals surface area contributed by atoms with Crippen LogP contribution in [0.1, 0.15) is 29.0 Å². The fourth-order valence-electron chi connectivity index (χ4n) is 3.74. The molecule has 1 aromatic carbocycles. The van der Waals surface area contributed by atoms with Crippen molar-refractivity contribution in [3.63, 3.8) is 0 Å². The normalized spacial score (nSPS) is 22.5. The standard InChI is InChI=1S/C18H18FN3O2/c1-12(23)20-10-16-17(11-20)22(9-13-4-6-14(19)7-5-13)18(24)15-3-2-8-21(15)16/h2-8,16-17H,9-11H2,1H3/t16-,17-/m1/s1. The second kappa shape index (κ2) is 5.47. The Morgan fingerprint density at radius 1 is 1.17 bits per heavy atom. The number of halogens is 1. The summed E-state index contributed by atoms with van der Waals surface area (Å²) in [4.78, 5) is 28.3. The number of carbonyl (C=O) groups is 2. The van der Waals surface area contributed by atoms with Crippen LogP contribution in [0.5, 0.6) is 0 Å². The van der Waals surface area contributed by atoms with Crippen molar-refractivity contribution in [1.29, 1.82) is 0 Å². The number of rotatable bonds is 2. The van der Waals surface area contributed by atoms with Gasteiger partial charge in [0, 0.05) is 32.8 Å². The van der Waals surface area contributed by atoms with E-state index >= 15 is 0 Å². The van der Waals surface area contributed by atoms with Gasteiger partial charge >= 0.3 is 0 Å². The van der Waals surface area contributed by atoms with Crippen molar-refractivity contribution in [1.82, 2.24) is 14.4 Å². The number of aromatic nitrogens is 1. The quantitative estimate of drug-likeness (QED) is 0.847. The summed E-state index contributed by atoms with van der Waals surface area (Å²) in [6, 6.07) is 9.88. The molecular weight excluding hydrogens is 309 g/mol. The van der Waals surface area contributed by atoms with Gasteiger partial charge in [-0.05, 0) is 29.8 Å². The Balaban J connectivity index is 1.69. The van der Waals surface area contributed by atoms with Crippen molar-refractivity contribution in [3.8, 4) is 0 Å². The van der Waals surface area contributed by atoms with Crippen LogP contribution in [0.4, 0.5) is 4.39 Å². The van der Waals surface area contributed by atoms with E-state index in [0.717, 1.165) is 5.56 Å². The highest BCUT2D eigenvalue weighted by molar-refractivity contribution is 5.94. The van der Waals surface area contributed by atoms with Gasteiger partial charge in [-0.25, -0.2) is 4.39 Å². The average Bonchev–Trinajstić information content (AvgIpc) is 3.19. The van der Waals surface area contributed by atoms with Crippen LogP contribution in [0.2, 0.25) is 0 Å². The third-order valence-electron chi connectivity index (χ3n) is 4.99. The van der Waals surface area contributed by atoms with Gasteiger partial charge in [0.1, 0.15) is 11.5 Å². The van der Waals surface area contributed by atoms with Crippen LogP contribution in [0.25, 0.3) is 0 Å². The number of hydrogen-bond donors (Lipinski definition) is 0. The first kappa shape index (κ1) is 14.9. The molecule has 0 N–H and O–H groups in total. The maximum absolute atomic E-state index is 13.1. The minimum absolute atomic E-state index is 0.0206. The third-order valence-corrected chi connectivity index (χ3v) is 4.99. The molecular formula is C18H18FN3O2. The van der Waals surface area contributed by atoms with Crippen molar-refractivity contribution < 1.29 is 14.0 Å². The number of carbonyl (C=O) groups excluding carboxylic acids is 2. The monoisotopic (exact) mass is 327 g/mol. The van der Waals surface area contributed by atoms with E-state index in [2.05, 4.69) is 0 Å². The van der Waals surface area contributed by atoms with Crippen molar-refractivity contribution >= 4 is 11.8 Å². The Bertz CT molecular complexity index is 799. The summed E-state index contributed by atoms with van der Waals surface area (Å²) in [6.45, 7) is 3.11. The first-order valence-electron chi connectivity index (χ1n) is 8.02. The van der Waals surface area contributed by atoms with E-state index in [1.165, 1.54) is 12.1 Å². The molecule has 1 saturated heterocycles. The summed E-state index contributed by atoms with van der Waals surface area (Å²) in [5.41, 5.74) is 1.52. The zero-order valence-corrected chi connectivity index (χ0v) is 13.4. The molecule has 2 aliphatic heterocycles. The lowest BCUT2D eigenvalue weighted by Crippen LogP contribution is -2.49. The van der Waals surface area contributed by atoms with Crippen LogP contribution in [-0.2, 0) is 11.3 Å². The Morgan fingerprint density at radius 2 is 1.88 bits per heavy atom. The molecule has 6 heteroatoms. The minimum Gasteiger partial charge on any atom is -0.339 e. The van der Waals surface area contributed by atoms with Crippen LogP contribution < -0.4 is 0 Å². The molecule has 2 amide bonds. The van der Waals surface area contributed by atoms with Crippen molar-refractivity contribution in [3.05, 3.63) is 59.7 Å². The topological polar surface area (TPSA) is 45.6 Å². The largest absolute Gasteiger partial charge is 0.339 e. The van der Waals surface area contributed by atoms with Gasteiger partial charge in [-0.15, -0.1) is 0 Å². The van der Waals surface area contributed by atoms with Crippen LogP contribution in [-0.4, -0.2) is 45.3 Å². The van der Waals surface area contributed by atoms with E-state index < -0.39 is 0 Å². The second-order valence-electron chi connectivity index (χ2n) is 6.42. The molecule has 0 radical (unpaired) electrons. The Labute approximate surface area is 139 Å². The molecule has 0 aliphatic carbocycles. The fourth-order valence-corrected chi connectivity index (χ4v) is 3.74. The summed E-state index contributed by atoms with van der Waals surface area (Å²) in [5, 5.41) is 0. The van der Waals surface area contributed by atoms with E-state index in [1.54, 1.807) is 24.0 Å². The third kappa shape index (κ3) is 2.29. The van der Waals surface area contributed by atoms with Crippen molar-refractivity contribution in [2.75, 3.05) is 13.1 Å². The van der Waals surface area contributed by atoms with E-state index in [0.29, 0.717) is 25.3 Å². The van der Waals surface area contributed by atoms with Crippen LogP contribution >= 0.6 is 0 Å². The zero-order chi connectivity index (χ0) is 16.8. The molecule has 1 fully saturated rings. The van der Waals surface area contributed by atoms with Gasteiger partial charge in [0.15, 0.2) is 0 Å². The van der Waals surface area contributed by atoms with E-state index in [1.807, 2.05) is 27.8 Å². The van der Waals surface area contributed by atoms with Crippen molar-refractivity contribution in [2.24, 2.45) is 0 Å². The smallest absolute Gasteiger partial charge is 0.271 e. The van der Waals surface area contributed by atoms with Gasteiger partial charge < -0.3 is 14.4 Å². The fraction of sp³-hybridized carbons (Fsp3) is 0.333. The van der Waals surface area contributed by atoms with Crippen molar-refractivity contribution in [2.45, 2.75) is 25.6 Å². The molecule has 4 rings (SSSR count). The number of amides is 2. The van der Waals surface area contributed by atoms with Gasteiger partial charge in [0.2, 0.25) is 5.91 Å². The first-order valence-corrected chi connectivity index (χ1v) is 8.02. The summed E-state index contributed by atoms with van der Waals surface area (Å²) >= 11 is 0. The molecule has 2 atom stereocenters. The number of benzene rings is 1. The number of nitrogens with zero attached hydrogens (tertiary/aromatic N) is 3. The molecule has 5 nitrogen and oxygen atoms in total. The predicted octanol–water partition coefficient (Wildman–Crippen LogP) is 2.05. The van der Waals surface area contributed by atoms with E-state index in [9.17, 15) is 14.0 Å². The second-order valence-corrected chi connectivity index (χ2v) is 6.42. The molecule has 124 valence electrons. The summed E-state index contributed by atoms with van der Waals surface area (Å²) < 4.78 is 15.1. The van der Waals surface area contributed by atoms with Gasteiger partial charge in [-0.2, -0.15) is 0 Å². The highest BCUT2D eigenvalue weighted by atomic mass is 19.1. The predicted molar refractivity (Wildman–Crippen MR) is 85.8 cm³/mol. The highest BCUT2D eigenvalue weighted by Crippen LogP contribution is 2.34.